The number of rotatable bonds is 3. The molecule has 0 bridgehead atoms. The van der Waals surface area contributed by atoms with E-state index >= 15 is 0 Å². The lowest BCUT2D eigenvalue weighted by molar-refractivity contribution is 0.627. The van der Waals surface area contributed by atoms with E-state index in [0.717, 1.165) is 11.3 Å². The Morgan fingerprint density at radius 2 is 1.89 bits per heavy atom. The van der Waals surface area contributed by atoms with Gasteiger partial charge in [-0.2, -0.15) is 5.26 Å². The van der Waals surface area contributed by atoms with Crippen LogP contribution in [0.25, 0.3) is 0 Å². The third-order valence-electron chi connectivity index (χ3n) is 2.86. The van der Waals surface area contributed by atoms with Crippen molar-refractivity contribution in [1.82, 2.24) is 0 Å². The molecule has 0 aromatic heterocycles. The lowest BCUT2D eigenvalue weighted by Gasteiger charge is -2.20. The van der Waals surface area contributed by atoms with Crippen LogP contribution in [0.3, 0.4) is 0 Å². The Kier molecular flexibility index (Phi) is 4.03. The van der Waals surface area contributed by atoms with E-state index < -0.39 is 0 Å². The number of anilines is 1. The summed E-state index contributed by atoms with van der Waals surface area (Å²) in [5, 5.41) is 9.17. The first-order valence-electron chi connectivity index (χ1n) is 5.75. The van der Waals surface area contributed by atoms with Crippen LogP contribution in [-0.4, -0.2) is 7.05 Å². The number of nitrogens with zero attached hydrogens (tertiary/aromatic N) is 2. The molecule has 4 heteroatoms. The van der Waals surface area contributed by atoms with E-state index in [1.807, 2.05) is 24.1 Å². The van der Waals surface area contributed by atoms with E-state index in [9.17, 15) is 4.39 Å². The van der Waals surface area contributed by atoms with Crippen LogP contribution in [0.5, 0.6) is 0 Å². The molecule has 0 spiro atoms. The third-order valence-corrected chi connectivity index (χ3v) is 3.21. The van der Waals surface area contributed by atoms with Gasteiger partial charge in [-0.3, -0.25) is 0 Å². The van der Waals surface area contributed by atoms with E-state index in [4.69, 9.17) is 16.9 Å². The number of halogens is 2. The summed E-state index contributed by atoms with van der Waals surface area (Å²) in [7, 11) is 1.92. The van der Waals surface area contributed by atoms with Gasteiger partial charge >= 0.3 is 0 Å². The van der Waals surface area contributed by atoms with Crippen LogP contribution in [0, 0.1) is 17.1 Å². The molecule has 0 saturated heterocycles. The lowest BCUT2D eigenvalue weighted by Crippen LogP contribution is -2.16. The first kappa shape index (κ1) is 13.4. The highest BCUT2D eigenvalue weighted by Crippen LogP contribution is 2.21. The normalized spacial score (nSPS) is 10.0. The summed E-state index contributed by atoms with van der Waals surface area (Å²) >= 11 is 6.00. The molecule has 96 valence electrons. The molecule has 0 radical (unpaired) electrons. The van der Waals surface area contributed by atoms with E-state index in [0.29, 0.717) is 17.1 Å². The molecule has 0 aliphatic heterocycles. The number of hydrogen-bond acceptors (Lipinski definition) is 2. The van der Waals surface area contributed by atoms with E-state index in [1.54, 1.807) is 18.2 Å². The molecule has 0 heterocycles. The van der Waals surface area contributed by atoms with Gasteiger partial charge in [0.25, 0.3) is 0 Å². The van der Waals surface area contributed by atoms with Gasteiger partial charge in [-0.15, -0.1) is 0 Å². The zero-order valence-corrected chi connectivity index (χ0v) is 11.2. The van der Waals surface area contributed by atoms with E-state index in [-0.39, 0.29) is 5.82 Å². The Morgan fingerprint density at radius 3 is 2.47 bits per heavy atom. The van der Waals surface area contributed by atoms with Gasteiger partial charge in [0, 0.05) is 24.3 Å². The van der Waals surface area contributed by atoms with Crippen LogP contribution in [0.4, 0.5) is 10.1 Å². The highest BCUT2D eigenvalue weighted by Gasteiger charge is 2.06. The first-order chi connectivity index (χ1) is 9.10. The van der Waals surface area contributed by atoms with Crippen molar-refractivity contribution in [2.75, 3.05) is 11.9 Å². The molecule has 0 aliphatic rings. The quantitative estimate of drug-likeness (QED) is 0.846. The molecule has 2 rings (SSSR count). The Labute approximate surface area is 116 Å². The monoisotopic (exact) mass is 274 g/mol. The summed E-state index contributed by atoms with van der Waals surface area (Å²) in [6.45, 7) is 0.574. The summed E-state index contributed by atoms with van der Waals surface area (Å²) in [5.41, 5.74) is 2.45. The smallest absolute Gasteiger partial charge is 0.124 e. The maximum Gasteiger partial charge on any atom is 0.124 e. The van der Waals surface area contributed by atoms with Gasteiger partial charge in [-0.05, 0) is 42.0 Å². The molecule has 2 aromatic rings. The highest BCUT2D eigenvalue weighted by atomic mass is 35.5. The molecule has 0 aliphatic carbocycles. The van der Waals surface area contributed by atoms with Gasteiger partial charge in [0.05, 0.1) is 11.6 Å². The van der Waals surface area contributed by atoms with Gasteiger partial charge in [0.2, 0.25) is 0 Å². The van der Waals surface area contributed by atoms with Gasteiger partial charge < -0.3 is 4.90 Å². The maximum absolute atomic E-state index is 13.0. The number of nitriles is 1. The second kappa shape index (κ2) is 5.73. The summed E-state index contributed by atoms with van der Waals surface area (Å²) in [4.78, 5) is 1.99. The fraction of sp³-hybridized carbons (Fsp3) is 0.133. The zero-order chi connectivity index (χ0) is 13.8. The second-order valence-electron chi connectivity index (χ2n) is 4.25. The van der Waals surface area contributed by atoms with Crippen LogP contribution >= 0.6 is 11.6 Å². The minimum atomic E-state index is -0.338. The van der Waals surface area contributed by atoms with Crippen molar-refractivity contribution >= 4 is 17.3 Å². The van der Waals surface area contributed by atoms with Crippen molar-refractivity contribution in [2.24, 2.45) is 0 Å². The third kappa shape index (κ3) is 3.24. The molecule has 0 unspecified atom stereocenters. The molecular weight excluding hydrogens is 263 g/mol. The minimum Gasteiger partial charge on any atom is -0.370 e. The highest BCUT2D eigenvalue weighted by molar-refractivity contribution is 6.31. The lowest BCUT2D eigenvalue weighted by atomic mass is 10.1. The molecule has 19 heavy (non-hydrogen) atoms. The number of hydrogen-bond donors (Lipinski definition) is 0. The van der Waals surface area contributed by atoms with Crippen LogP contribution in [-0.2, 0) is 6.54 Å². The summed E-state index contributed by atoms with van der Waals surface area (Å²) < 4.78 is 13.0. The first-order valence-corrected chi connectivity index (χ1v) is 6.13. The minimum absolute atomic E-state index is 0.338. The Hall–Kier alpha value is -2.05. The standard InChI is InChI=1S/C15H12ClFN2/c1-19(14-6-2-11(9-18)3-7-14)10-12-4-5-13(17)8-15(12)16/h2-8H,10H2,1H3. The molecule has 0 fully saturated rings. The van der Waals surface area contributed by atoms with Crippen molar-refractivity contribution in [3.63, 3.8) is 0 Å². The van der Waals surface area contributed by atoms with Crippen molar-refractivity contribution < 1.29 is 4.39 Å². The van der Waals surface area contributed by atoms with E-state index in [1.165, 1.54) is 12.1 Å². The van der Waals surface area contributed by atoms with Crippen LogP contribution in [0.1, 0.15) is 11.1 Å². The Balaban J connectivity index is 2.16. The predicted octanol–water partition coefficient (Wildman–Crippen LogP) is 3.99. The fourth-order valence-corrected chi connectivity index (χ4v) is 2.01. The molecule has 0 atom stereocenters. The Morgan fingerprint density at radius 1 is 1.21 bits per heavy atom. The van der Waals surface area contributed by atoms with Gasteiger partial charge in [-0.25, -0.2) is 4.39 Å². The van der Waals surface area contributed by atoms with Crippen molar-refractivity contribution in [1.29, 1.82) is 5.26 Å². The van der Waals surface area contributed by atoms with Crippen molar-refractivity contribution in [3.8, 4) is 6.07 Å². The molecule has 0 saturated carbocycles. The van der Waals surface area contributed by atoms with Crippen LogP contribution < -0.4 is 4.90 Å². The average Bonchev–Trinajstić information content (AvgIpc) is 2.42. The van der Waals surface area contributed by atoms with Gasteiger partial charge in [-0.1, -0.05) is 17.7 Å². The van der Waals surface area contributed by atoms with Crippen LogP contribution in [0.15, 0.2) is 42.5 Å². The topological polar surface area (TPSA) is 27.0 Å². The average molecular weight is 275 g/mol. The van der Waals surface area contributed by atoms with Gasteiger partial charge in [0.15, 0.2) is 0 Å². The van der Waals surface area contributed by atoms with Gasteiger partial charge in [0.1, 0.15) is 5.82 Å². The second-order valence-corrected chi connectivity index (χ2v) is 4.66. The fourth-order valence-electron chi connectivity index (χ4n) is 1.79. The maximum atomic E-state index is 13.0. The largest absolute Gasteiger partial charge is 0.370 e. The van der Waals surface area contributed by atoms with E-state index in [2.05, 4.69) is 6.07 Å². The SMILES string of the molecule is CN(Cc1ccc(F)cc1Cl)c1ccc(C#N)cc1. The molecule has 0 amide bonds. The Bertz CT molecular complexity index is 617. The molecule has 0 N–H and O–H groups in total. The number of benzene rings is 2. The molecular formula is C15H12ClFN2. The zero-order valence-electron chi connectivity index (χ0n) is 10.4. The molecule has 2 nitrogen and oxygen atoms in total. The summed E-state index contributed by atoms with van der Waals surface area (Å²) in [5.74, 6) is -0.338. The van der Waals surface area contributed by atoms with Crippen molar-refractivity contribution in [3.05, 3.63) is 64.4 Å². The predicted molar refractivity (Wildman–Crippen MR) is 74.7 cm³/mol. The molecule has 2 aromatic carbocycles. The van der Waals surface area contributed by atoms with Crippen molar-refractivity contribution in [2.45, 2.75) is 6.54 Å². The van der Waals surface area contributed by atoms with Crippen LogP contribution in [0.2, 0.25) is 5.02 Å². The summed E-state index contributed by atoms with van der Waals surface area (Å²) in [6, 6.07) is 13.7. The summed E-state index contributed by atoms with van der Waals surface area (Å²) in [6.07, 6.45) is 0.